The van der Waals surface area contributed by atoms with E-state index in [1.165, 1.54) is 7.05 Å². The normalized spacial score (nSPS) is 11.2. The predicted octanol–water partition coefficient (Wildman–Crippen LogP) is 1.93. The van der Waals surface area contributed by atoms with Gasteiger partial charge in [-0.05, 0) is 6.07 Å². The molecule has 7 heteroatoms. The zero-order valence-corrected chi connectivity index (χ0v) is 11.1. The molecule has 1 aromatic carbocycles. The van der Waals surface area contributed by atoms with E-state index in [0.717, 1.165) is 10.5 Å². The minimum Gasteiger partial charge on any atom is -0.483 e. The molecule has 0 saturated carbocycles. The number of nitrogens with zero attached hydrogens (tertiary/aromatic N) is 1. The molecular weight excluding hydrogens is 273 g/mol. The van der Waals surface area contributed by atoms with E-state index in [9.17, 15) is 18.0 Å². The van der Waals surface area contributed by atoms with Crippen molar-refractivity contribution in [2.24, 2.45) is 5.73 Å². The van der Waals surface area contributed by atoms with Gasteiger partial charge in [0.15, 0.2) is 6.61 Å². The lowest BCUT2D eigenvalue weighted by atomic mass is 10.2. The molecule has 0 aliphatic carbocycles. The van der Waals surface area contributed by atoms with Gasteiger partial charge >= 0.3 is 6.18 Å². The van der Waals surface area contributed by atoms with Crippen LogP contribution in [0.25, 0.3) is 0 Å². The zero-order chi connectivity index (χ0) is 15.2. The quantitative estimate of drug-likeness (QED) is 0.871. The summed E-state index contributed by atoms with van der Waals surface area (Å²) < 4.78 is 41.4. The molecule has 0 fully saturated rings. The maximum Gasteiger partial charge on any atom is 0.390 e. The smallest absolute Gasteiger partial charge is 0.390 e. The standard InChI is InChI=1S/C13H17F3N2O2/c1-18(7-6-13(14,15)16)12(19)9-20-11-5-3-2-4-10(11)8-17/h2-5H,6-9,17H2,1H3. The van der Waals surface area contributed by atoms with Crippen LogP contribution >= 0.6 is 0 Å². The Morgan fingerprint density at radius 1 is 1.35 bits per heavy atom. The highest BCUT2D eigenvalue weighted by molar-refractivity contribution is 5.77. The fraction of sp³-hybridized carbons (Fsp3) is 0.462. The third kappa shape index (κ3) is 5.48. The van der Waals surface area contributed by atoms with Gasteiger partial charge in [0.1, 0.15) is 5.75 Å². The lowest BCUT2D eigenvalue weighted by Crippen LogP contribution is -2.34. The molecule has 0 unspecified atom stereocenters. The summed E-state index contributed by atoms with van der Waals surface area (Å²) in [5, 5.41) is 0. The monoisotopic (exact) mass is 290 g/mol. The lowest BCUT2D eigenvalue weighted by Gasteiger charge is -2.18. The van der Waals surface area contributed by atoms with Gasteiger partial charge in [0.2, 0.25) is 0 Å². The highest BCUT2D eigenvalue weighted by Gasteiger charge is 2.28. The predicted molar refractivity (Wildman–Crippen MR) is 68.1 cm³/mol. The molecule has 0 aromatic heterocycles. The van der Waals surface area contributed by atoms with Crippen LogP contribution < -0.4 is 10.5 Å². The summed E-state index contributed by atoms with van der Waals surface area (Å²) in [6.07, 6.45) is -5.31. The number of para-hydroxylation sites is 1. The number of hydrogen-bond donors (Lipinski definition) is 1. The number of ether oxygens (including phenoxy) is 1. The van der Waals surface area contributed by atoms with Crippen LogP contribution in [0, 0.1) is 0 Å². The van der Waals surface area contributed by atoms with Crippen molar-refractivity contribution in [3.63, 3.8) is 0 Å². The number of halogens is 3. The van der Waals surface area contributed by atoms with E-state index >= 15 is 0 Å². The van der Waals surface area contributed by atoms with Crippen molar-refractivity contribution in [3.05, 3.63) is 29.8 Å². The number of amides is 1. The summed E-state index contributed by atoms with van der Waals surface area (Å²) >= 11 is 0. The second kappa shape index (κ2) is 7.14. The summed E-state index contributed by atoms with van der Waals surface area (Å²) in [7, 11) is 1.31. The van der Waals surface area contributed by atoms with E-state index in [4.69, 9.17) is 10.5 Å². The third-order valence-corrected chi connectivity index (χ3v) is 2.70. The molecule has 112 valence electrons. The van der Waals surface area contributed by atoms with Crippen molar-refractivity contribution in [2.45, 2.75) is 19.1 Å². The summed E-state index contributed by atoms with van der Waals surface area (Å²) in [4.78, 5) is 12.6. The Morgan fingerprint density at radius 3 is 2.60 bits per heavy atom. The molecule has 0 bridgehead atoms. The van der Waals surface area contributed by atoms with Crippen molar-refractivity contribution in [2.75, 3.05) is 20.2 Å². The molecule has 2 N–H and O–H groups in total. The van der Waals surface area contributed by atoms with Crippen molar-refractivity contribution < 1.29 is 22.7 Å². The molecular formula is C13H17F3N2O2. The largest absolute Gasteiger partial charge is 0.483 e. The van der Waals surface area contributed by atoms with Gasteiger partial charge in [-0.25, -0.2) is 0 Å². The molecule has 0 heterocycles. The summed E-state index contributed by atoms with van der Waals surface area (Å²) in [6.45, 7) is -0.441. The Kier molecular flexibility index (Phi) is 5.82. The number of benzene rings is 1. The summed E-state index contributed by atoms with van der Waals surface area (Å²) in [6, 6.07) is 6.93. The van der Waals surface area contributed by atoms with Crippen LogP contribution in [0.5, 0.6) is 5.75 Å². The molecule has 0 atom stereocenters. The van der Waals surface area contributed by atoms with E-state index in [0.29, 0.717) is 5.75 Å². The van der Waals surface area contributed by atoms with E-state index in [-0.39, 0.29) is 19.7 Å². The second-order valence-corrected chi connectivity index (χ2v) is 4.28. The van der Waals surface area contributed by atoms with Gasteiger partial charge < -0.3 is 15.4 Å². The number of alkyl halides is 3. The van der Waals surface area contributed by atoms with Crippen molar-refractivity contribution in [1.82, 2.24) is 4.90 Å². The second-order valence-electron chi connectivity index (χ2n) is 4.28. The first-order valence-corrected chi connectivity index (χ1v) is 6.05. The van der Waals surface area contributed by atoms with Gasteiger partial charge in [-0.15, -0.1) is 0 Å². The Hall–Kier alpha value is -1.76. The Bertz CT molecular complexity index is 449. The Labute approximate surface area is 115 Å². The van der Waals surface area contributed by atoms with Crippen LogP contribution in [0.15, 0.2) is 24.3 Å². The summed E-state index contributed by atoms with van der Waals surface area (Å²) in [5.41, 5.74) is 6.25. The topological polar surface area (TPSA) is 55.6 Å². The molecule has 1 aromatic rings. The first-order chi connectivity index (χ1) is 9.33. The minimum absolute atomic E-state index is 0.258. The van der Waals surface area contributed by atoms with Crippen LogP contribution in [-0.2, 0) is 11.3 Å². The molecule has 0 aliphatic heterocycles. The van der Waals surface area contributed by atoms with Crippen LogP contribution in [0.4, 0.5) is 13.2 Å². The molecule has 1 amide bonds. The van der Waals surface area contributed by atoms with E-state index in [1.54, 1.807) is 24.3 Å². The van der Waals surface area contributed by atoms with Crippen LogP contribution in [0.3, 0.4) is 0 Å². The van der Waals surface area contributed by atoms with Crippen LogP contribution in [-0.4, -0.2) is 37.2 Å². The SMILES string of the molecule is CN(CCC(F)(F)F)C(=O)COc1ccccc1CN. The van der Waals surface area contributed by atoms with Gasteiger partial charge in [0, 0.05) is 25.7 Å². The molecule has 0 saturated heterocycles. The minimum atomic E-state index is -4.28. The van der Waals surface area contributed by atoms with Crippen molar-refractivity contribution in [3.8, 4) is 5.75 Å². The average molecular weight is 290 g/mol. The third-order valence-electron chi connectivity index (χ3n) is 2.70. The Balaban J connectivity index is 2.46. The number of nitrogens with two attached hydrogens (primary N) is 1. The molecule has 0 radical (unpaired) electrons. The first kappa shape index (κ1) is 16.3. The maximum atomic E-state index is 12.0. The fourth-order valence-electron chi connectivity index (χ4n) is 1.48. The van der Waals surface area contributed by atoms with Gasteiger partial charge in [-0.3, -0.25) is 4.79 Å². The number of likely N-dealkylation sites (N-methyl/N-ethyl adjacent to an activating group) is 1. The van der Waals surface area contributed by atoms with E-state index in [2.05, 4.69) is 0 Å². The Morgan fingerprint density at radius 2 is 2.00 bits per heavy atom. The number of carbonyl (C=O) groups excluding carboxylic acids is 1. The average Bonchev–Trinajstić information content (AvgIpc) is 2.41. The number of rotatable bonds is 6. The zero-order valence-electron chi connectivity index (χ0n) is 11.1. The van der Waals surface area contributed by atoms with Gasteiger partial charge in [-0.1, -0.05) is 18.2 Å². The molecule has 0 spiro atoms. The first-order valence-electron chi connectivity index (χ1n) is 6.05. The number of hydrogen-bond acceptors (Lipinski definition) is 3. The molecule has 20 heavy (non-hydrogen) atoms. The maximum absolute atomic E-state index is 12.0. The van der Waals surface area contributed by atoms with Crippen molar-refractivity contribution in [1.29, 1.82) is 0 Å². The van der Waals surface area contributed by atoms with E-state index < -0.39 is 18.5 Å². The van der Waals surface area contributed by atoms with Gasteiger partial charge in [0.05, 0.1) is 6.42 Å². The van der Waals surface area contributed by atoms with E-state index in [1.807, 2.05) is 0 Å². The van der Waals surface area contributed by atoms with Crippen LogP contribution in [0.1, 0.15) is 12.0 Å². The molecule has 0 aliphatic rings. The summed E-state index contributed by atoms with van der Waals surface area (Å²) in [5.74, 6) is -0.0476. The highest BCUT2D eigenvalue weighted by atomic mass is 19.4. The van der Waals surface area contributed by atoms with Crippen molar-refractivity contribution >= 4 is 5.91 Å². The lowest BCUT2D eigenvalue weighted by molar-refractivity contribution is -0.145. The fourth-order valence-corrected chi connectivity index (χ4v) is 1.48. The van der Waals surface area contributed by atoms with Gasteiger partial charge in [-0.2, -0.15) is 13.2 Å². The van der Waals surface area contributed by atoms with Gasteiger partial charge in [0.25, 0.3) is 5.91 Å². The highest BCUT2D eigenvalue weighted by Crippen LogP contribution is 2.20. The number of carbonyl (C=O) groups is 1. The molecule has 4 nitrogen and oxygen atoms in total. The molecule has 1 rings (SSSR count). The van der Waals surface area contributed by atoms with Crippen LogP contribution in [0.2, 0.25) is 0 Å².